The third kappa shape index (κ3) is 1.89. The summed E-state index contributed by atoms with van der Waals surface area (Å²) < 4.78 is 4.95. The maximum atomic E-state index is 6.09. The van der Waals surface area contributed by atoms with E-state index in [0.29, 0.717) is 22.6 Å². The van der Waals surface area contributed by atoms with E-state index < -0.39 is 0 Å². The molecular weight excluding hydrogens is 272 g/mol. The number of methoxy groups -OCH3 is 1. The molecule has 90 valence electrons. The van der Waals surface area contributed by atoms with Crippen LogP contribution >= 0.6 is 22.9 Å². The van der Waals surface area contributed by atoms with Gasteiger partial charge in [-0.25, -0.2) is 9.97 Å². The van der Waals surface area contributed by atoms with Gasteiger partial charge in [0.1, 0.15) is 15.7 Å². The standard InChI is InChI=1S/C11H7ClN4OS/c1-17-8-3-2-7(15-16-8)10-13-9(12)6-4-5-18-11(6)14-10/h2-5H,1H3. The van der Waals surface area contributed by atoms with E-state index in [9.17, 15) is 0 Å². The highest BCUT2D eigenvalue weighted by molar-refractivity contribution is 7.16. The van der Waals surface area contributed by atoms with Crippen LogP contribution in [0.1, 0.15) is 0 Å². The molecule has 0 spiro atoms. The fraction of sp³-hybridized carbons (Fsp3) is 0.0909. The zero-order chi connectivity index (χ0) is 12.5. The molecule has 0 bridgehead atoms. The Labute approximate surface area is 111 Å². The van der Waals surface area contributed by atoms with Crippen LogP contribution in [0, 0.1) is 0 Å². The SMILES string of the molecule is COc1ccc(-c2nc(Cl)c3ccsc3n2)nn1. The molecular formula is C11H7ClN4OS. The number of rotatable bonds is 2. The van der Waals surface area contributed by atoms with Crippen LogP contribution in [-0.2, 0) is 0 Å². The van der Waals surface area contributed by atoms with E-state index >= 15 is 0 Å². The monoisotopic (exact) mass is 278 g/mol. The Hall–Kier alpha value is -1.79. The van der Waals surface area contributed by atoms with Crippen LogP contribution in [0.15, 0.2) is 23.6 Å². The molecule has 0 saturated heterocycles. The van der Waals surface area contributed by atoms with Crippen molar-refractivity contribution >= 4 is 33.2 Å². The van der Waals surface area contributed by atoms with Gasteiger partial charge in [-0.3, -0.25) is 0 Å². The van der Waals surface area contributed by atoms with Gasteiger partial charge in [-0.1, -0.05) is 11.6 Å². The Morgan fingerprint density at radius 2 is 2.06 bits per heavy atom. The minimum Gasteiger partial charge on any atom is -0.480 e. The van der Waals surface area contributed by atoms with Gasteiger partial charge in [0.15, 0.2) is 5.82 Å². The number of aromatic nitrogens is 4. The normalized spacial score (nSPS) is 10.8. The van der Waals surface area contributed by atoms with Crippen molar-refractivity contribution in [1.82, 2.24) is 20.2 Å². The molecule has 0 N–H and O–H groups in total. The number of hydrogen-bond donors (Lipinski definition) is 0. The van der Waals surface area contributed by atoms with Crippen LogP contribution in [0.5, 0.6) is 5.88 Å². The summed E-state index contributed by atoms with van der Waals surface area (Å²) in [5, 5.41) is 11.1. The molecule has 18 heavy (non-hydrogen) atoms. The van der Waals surface area contributed by atoms with Crippen LogP contribution in [0.2, 0.25) is 5.15 Å². The molecule has 0 aliphatic carbocycles. The maximum Gasteiger partial charge on any atom is 0.233 e. The molecule has 5 nitrogen and oxygen atoms in total. The predicted molar refractivity (Wildman–Crippen MR) is 70.0 cm³/mol. The predicted octanol–water partition coefficient (Wildman–Crippen LogP) is 2.81. The fourth-order valence-corrected chi connectivity index (χ4v) is 2.53. The second-order valence-corrected chi connectivity index (χ2v) is 4.69. The summed E-state index contributed by atoms with van der Waals surface area (Å²) in [6.45, 7) is 0. The first-order valence-electron chi connectivity index (χ1n) is 5.07. The van der Waals surface area contributed by atoms with Crippen LogP contribution in [0.3, 0.4) is 0 Å². The highest BCUT2D eigenvalue weighted by Crippen LogP contribution is 2.27. The van der Waals surface area contributed by atoms with Gasteiger partial charge in [0.2, 0.25) is 5.88 Å². The number of hydrogen-bond acceptors (Lipinski definition) is 6. The van der Waals surface area contributed by atoms with Crippen molar-refractivity contribution in [1.29, 1.82) is 0 Å². The number of ether oxygens (including phenoxy) is 1. The summed E-state index contributed by atoms with van der Waals surface area (Å²) in [6.07, 6.45) is 0. The zero-order valence-electron chi connectivity index (χ0n) is 9.29. The lowest BCUT2D eigenvalue weighted by atomic mass is 10.3. The van der Waals surface area contributed by atoms with E-state index in [-0.39, 0.29) is 0 Å². The van der Waals surface area contributed by atoms with E-state index in [2.05, 4.69) is 20.2 Å². The van der Waals surface area contributed by atoms with Crippen LogP contribution in [-0.4, -0.2) is 27.3 Å². The van der Waals surface area contributed by atoms with E-state index in [4.69, 9.17) is 16.3 Å². The molecule has 0 atom stereocenters. The number of nitrogens with zero attached hydrogens (tertiary/aromatic N) is 4. The summed E-state index contributed by atoms with van der Waals surface area (Å²) in [7, 11) is 1.54. The second kappa shape index (κ2) is 4.47. The van der Waals surface area contributed by atoms with Crippen LogP contribution in [0.4, 0.5) is 0 Å². The smallest absolute Gasteiger partial charge is 0.233 e. The minimum absolute atomic E-state index is 0.425. The third-order valence-corrected chi connectivity index (χ3v) is 3.45. The Morgan fingerprint density at radius 3 is 2.78 bits per heavy atom. The highest BCUT2D eigenvalue weighted by atomic mass is 35.5. The summed E-state index contributed by atoms with van der Waals surface area (Å²) in [5.41, 5.74) is 0.563. The summed E-state index contributed by atoms with van der Waals surface area (Å²) in [6, 6.07) is 5.35. The molecule has 7 heteroatoms. The molecule has 3 rings (SSSR count). The number of fused-ring (bicyclic) bond motifs is 1. The van der Waals surface area contributed by atoms with Crippen molar-refractivity contribution in [2.75, 3.05) is 7.11 Å². The zero-order valence-corrected chi connectivity index (χ0v) is 10.9. The highest BCUT2D eigenvalue weighted by Gasteiger charge is 2.10. The molecule has 3 aromatic heterocycles. The van der Waals surface area contributed by atoms with Gasteiger partial charge < -0.3 is 4.74 Å². The summed E-state index contributed by atoms with van der Waals surface area (Å²) in [5.74, 6) is 0.909. The van der Waals surface area contributed by atoms with Crippen LogP contribution in [0.25, 0.3) is 21.7 Å². The van der Waals surface area contributed by atoms with Gasteiger partial charge in [0.25, 0.3) is 0 Å². The number of thiophene rings is 1. The van der Waals surface area contributed by atoms with Gasteiger partial charge in [0.05, 0.1) is 7.11 Å². The topological polar surface area (TPSA) is 60.8 Å². The van der Waals surface area contributed by atoms with E-state index in [1.54, 1.807) is 12.1 Å². The summed E-state index contributed by atoms with van der Waals surface area (Å²) >= 11 is 7.60. The van der Waals surface area contributed by atoms with Crippen molar-refractivity contribution in [3.8, 4) is 17.4 Å². The maximum absolute atomic E-state index is 6.09. The van der Waals surface area contributed by atoms with Gasteiger partial charge in [-0.2, -0.15) is 0 Å². The fourth-order valence-electron chi connectivity index (χ4n) is 1.48. The lowest BCUT2D eigenvalue weighted by molar-refractivity contribution is 0.392. The quantitative estimate of drug-likeness (QED) is 0.675. The van der Waals surface area contributed by atoms with Gasteiger partial charge in [0, 0.05) is 11.5 Å². The molecule has 0 fully saturated rings. The van der Waals surface area contributed by atoms with E-state index in [1.165, 1.54) is 18.4 Å². The van der Waals surface area contributed by atoms with Gasteiger partial charge >= 0.3 is 0 Å². The van der Waals surface area contributed by atoms with Crippen molar-refractivity contribution in [3.05, 3.63) is 28.7 Å². The van der Waals surface area contributed by atoms with Gasteiger partial charge in [-0.15, -0.1) is 21.5 Å². The lowest BCUT2D eigenvalue weighted by Crippen LogP contribution is -1.96. The van der Waals surface area contributed by atoms with E-state index in [0.717, 1.165) is 10.2 Å². The number of halogens is 1. The molecule has 0 aliphatic rings. The molecule has 0 unspecified atom stereocenters. The van der Waals surface area contributed by atoms with Crippen molar-refractivity contribution < 1.29 is 4.74 Å². The average molecular weight is 279 g/mol. The van der Waals surface area contributed by atoms with Crippen molar-refractivity contribution in [3.63, 3.8) is 0 Å². The van der Waals surface area contributed by atoms with Crippen molar-refractivity contribution in [2.24, 2.45) is 0 Å². The van der Waals surface area contributed by atoms with Crippen molar-refractivity contribution in [2.45, 2.75) is 0 Å². The first kappa shape index (κ1) is 11.3. The van der Waals surface area contributed by atoms with E-state index in [1.807, 2.05) is 11.4 Å². The van der Waals surface area contributed by atoms with Crippen LogP contribution < -0.4 is 4.74 Å². The van der Waals surface area contributed by atoms with Gasteiger partial charge in [-0.05, 0) is 17.5 Å². The molecule has 0 aliphatic heterocycles. The Balaban J connectivity index is 2.12. The molecule has 0 saturated carbocycles. The average Bonchev–Trinajstić information content (AvgIpc) is 2.88. The lowest BCUT2D eigenvalue weighted by Gasteiger charge is -2.01. The molecule has 0 aromatic carbocycles. The summed E-state index contributed by atoms with van der Waals surface area (Å²) in [4.78, 5) is 9.45. The molecule has 3 aromatic rings. The molecule has 0 radical (unpaired) electrons. The molecule has 0 amide bonds. The second-order valence-electron chi connectivity index (χ2n) is 3.44. The third-order valence-electron chi connectivity index (χ3n) is 2.36. The molecule has 3 heterocycles. The minimum atomic E-state index is 0.425. The Bertz CT molecular complexity index is 698. The first-order chi connectivity index (χ1) is 8.78. The Morgan fingerprint density at radius 1 is 1.17 bits per heavy atom. The Kier molecular flexibility index (Phi) is 2.81. The first-order valence-corrected chi connectivity index (χ1v) is 6.32. The largest absolute Gasteiger partial charge is 0.480 e.